The van der Waals surface area contributed by atoms with Crippen molar-refractivity contribution in [2.75, 3.05) is 20.1 Å². The lowest BCUT2D eigenvalue weighted by atomic mass is 9.95. The molecule has 2 aromatic rings. The van der Waals surface area contributed by atoms with Gasteiger partial charge in [0.05, 0.1) is 11.7 Å². The minimum atomic E-state index is -0.699. The molecule has 1 aromatic carbocycles. The van der Waals surface area contributed by atoms with Gasteiger partial charge in [-0.3, -0.25) is 9.59 Å². The highest BCUT2D eigenvalue weighted by Gasteiger charge is 2.33. The van der Waals surface area contributed by atoms with Crippen molar-refractivity contribution in [2.24, 2.45) is 0 Å². The van der Waals surface area contributed by atoms with E-state index in [0.717, 1.165) is 36.3 Å². The second-order valence-corrected chi connectivity index (χ2v) is 6.91. The Kier molecular flexibility index (Phi) is 4.20. The molecule has 2 aliphatic rings. The van der Waals surface area contributed by atoms with E-state index in [4.69, 9.17) is 0 Å². The number of hydrogen-bond acceptors (Lipinski definition) is 5. The molecule has 8 nitrogen and oxygen atoms in total. The predicted octanol–water partition coefficient (Wildman–Crippen LogP) is 0.564. The molecule has 3 heterocycles. The van der Waals surface area contributed by atoms with Crippen LogP contribution in [0.25, 0.3) is 0 Å². The topological polar surface area (TPSA) is 92.2 Å². The standard InChI is InChI=1S/C18H22N6O2/c1-11-15(21-22-24(11)13-7-8-19-9-13)17(25)20-16-14-6-4-3-5-12(14)10-23(2)18(16)26/h3-6,13,16,19H,7-10H2,1-2H3,(H,20,25). The Morgan fingerprint density at radius 1 is 1.35 bits per heavy atom. The minimum absolute atomic E-state index is 0.123. The Morgan fingerprint density at radius 3 is 2.92 bits per heavy atom. The molecular formula is C18H22N6O2. The fraction of sp³-hybridized carbons (Fsp3) is 0.444. The van der Waals surface area contributed by atoms with Crippen LogP contribution in [-0.2, 0) is 11.3 Å². The lowest BCUT2D eigenvalue weighted by Gasteiger charge is -2.31. The van der Waals surface area contributed by atoms with Crippen molar-refractivity contribution >= 4 is 11.8 Å². The molecular weight excluding hydrogens is 332 g/mol. The molecule has 2 atom stereocenters. The first kappa shape index (κ1) is 16.7. The maximum absolute atomic E-state index is 12.8. The number of hydrogen-bond donors (Lipinski definition) is 2. The smallest absolute Gasteiger partial charge is 0.274 e. The van der Waals surface area contributed by atoms with Crippen molar-refractivity contribution < 1.29 is 9.59 Å². The Bertz CT molecular complexity index is 855. The van der Waals surface area contributed by atoms with Gasteiger partial charge in [0, 0.05) is 20.1 Å². The van der Waals surface area contributed by atoms with Crippen molar-refractivity contribution in [2.45, 2.75) is 32.0 Å². The third-order valence-electron chi connectivity index (χ3n) is 5.19. The molecule has 0 radical (unpaired) electrons. The zero-order valence-electron chi connectivity index (χ0n) is 14.9. The zero-order valence-corrected chi connectivity index (χ0v) is 14.9. The van der Waals surface area contributed by atoms with E-state index in [9.17, 15) is 9.59 Å². The van der Waals surface area contributed by atoms with Crippen molar-refractivity contribution in [1.29, 1.82) is 0 Å². The third-order valence-corrected chi connectivity index (χ3v) is 5.19. The van der Waals surface area contributed by atoms with Gasteiger partial charge in [0.1, 0.15) is 6.04 Å². The molecule has 0 spiro atoms. The lowest BCUT2D eigenvalue weighted by Crippen LogP contribution is -2.45. The van der Waals surface area contributed by atoms with E-state index in [1.54, 1.807) is 16.6 Å². The maximum Gasteiger partial charge on any atom is 0.274 e. The number of nitrogens with zero attached hydrogens (tertiary/aromatic N) is 4. The van der Waals surface area contributed by atoms with Crippen LogP contribution in [0.1, 0.15) is 45.8 Å². The van der Waals surface area contributed by atoms with E-state index >= 15 is 0 Å². The Morgan fingerprint density at radius 2 is 2.15 bits per heavy atom. The highest BCUT2D eigenvalue weighted by Crippen LogP contribution is 2.27. The average Bonchev–Trinajstić information content (AvgIpc) is 3.28. The second-order valence-electron chi connectivity index (χ2n) is 6.91. The van der Waals surface area contributed by atoms with Crippen LogP contribution in [-0.4, -0.2) is 51.8 Å². The summed E-state index contributed by atoms with van der Waals surface area (Å²) in [6.07, 6.45) is 0.963. The number of fused-ring (bicyclic) bond motifs is 1. The van der Waals surface area contributed by atoms with Crippen molar-refractivity contribution in [1.82, 2.24) is 30.5 Å². The molecule has 2 unspecified atom stereocenters. The fourth-order valence-electron chi connectivity index (χ4n) is 3.73. The summed E-state index contributed by atoms with van der Waals surface area (Å²) in [4.78, 5) is 27.1. The van der Waals surface area contributed by atoms with Crippen molar-refractivity contribution in [3.8, 4) is 0 Å². The van der Waals surface area contributed by atoms with Crippen LogP contribution >= 0.6 is 0 Å². The first-order valence-corrected chi connectivity index (χ1v) is 8.82. The molecule has 2 aliphatic heterocycles. The first-order valence-electron chi connectivity index (χ1n) is 8.82. The number of carbonyl (C=O) groups excluding carboxylic acids is 2. The SMILES string of the molecule is Cc1c(C(=O)NC2C(=O)N(C)Cc3ccccc32)nnn1C1CCNC1. The van der Waals surface area contributed by atoms with Gasteiger partial charge in [0.25, 0.3) is 5.91 Å². The van der Waals surface area contributed by atoms with Crippen LogP contribution in [0.15, 0.2) is 24.3 Å². The number of amides is 2. The Hall–Kier alpha value is -2.74. The van der Waals surface area contributed by atoms with Gasteiger partial charge in [-0.2, -0.15) is 0 Å². The number of benzene rings is 1. The van der Waals surface area contributed by atoms with Gasteiger partial charge >= 0.3 is 0 Å². The fourth-order valence-corrected chi connectivity index (χ4v) is 3.73. The molecule has 0 bridgehead atoms. The number of nitrogens with one attached hydrogen (secondary N) is 2. The van der Waals surface area contributed by atoms with E-state index in [0.29, 0.717) is 6.54 Å². The van der Waals surface area contributed by atoms with E-state index in [1.165, 1.54) is 0 Å². The summed E-state index contributed by atoms with van der Waals surface area (Å²) < 4.78 is 1.80. The molecule has 26 heavy (non-hydrogen) atoms. The van der Waals surface area contributed by atoms with Gasteiger partial charge in [-0.1, -0.05) is 29.5 Å². The molecule has 1 saturated heterocycles. The summed E-state index contributed by atoms with van der Waals surface area (Å²) in [6.45, 7) is 4.15. The Labute approximate surface area is 151 Å². The molecule has 1 fully saturated rings. The van der Waals surface area contributed by atoms with Gasteiger partial charge < -0.3 is 15.5 Å². The highest BCUT2D eigenvalue weighted by molar-refractivity contribution is 5.97. The van der Waals surface area contributed by atoms with Crippen LogP contribution in [0, 0.1) is 6.92 Å². The van der Waals surface area contributed by atoms with Crippen LogP contribution in [0.3, 0.4) is 0 Å². The molecule has 1 aromatic heterocycles. The normalized spacial score (nSPS) is 22.4. The van der Waals surface area contributed by atoms with E-state index in [1.807, 2.05) is 31.2 Å². The average molecular weight is 354 g/mol. The molecule has 4 rings (SSSR count). The summed E-state index contributed by atoms with van der Waals surface area (Å²) in [5, 5.41) is 14.4. The van der Waals surface area contributed by atoms with Gasteiger partial charge in [-0.05, 0) is 31.0 Å². The quantitative estimate of drug-likeness (QED) is 0.840. The zero-order chi connectivity index (χ0) is 18.3. The molecule has 0 aliphatic carbocycles. The summed E-state index contributed by atoms with van der Waals surface area (Å²) >= 11 is 0. The van der Waals surface area contributed by atoms with Gasteiger partial charge in [0.2, 0.25) is 5.91 Å². The number of rotatable bonds is 3. The monoisotopic (exact) mass is 354 g/mol. The second kappa shape index (κ2) is 6.53. The number of carbonyl (C=O) groups is 2. The number of likely N-dealkylation sites (N-methyl/N-ethyl adjacent to an activating group) is 1. The molecule has 2 N–H and O–H groups in total. The first-order chi connectivity index (χ1) is 12.6. The van der Waals surface area contributed by atoms with Crippen LogP contribution in [0.5, 0.6) is 0 Å². The number of aromatic nitrogens is 3. The van der Waals surface area contributed by atoms with Crippen LogP contribution in [0.4, 0.5) is 0 Å². The summed E-state index contributed by atoms with van der Waals surface area (Å²) in [5.41, 5.74) is 2.88. The van der Waals surface area contributed by atoms with Gasteiger partial charge in [-0.15, -0.1) is 5.10 Å². The van der Waals surface area contributed by atoms with Crippen molar-refractivity contribution in [3.05, 3.63) is 46.8 Å². The highest BCUT2D eigenvalue weighted by atomic mass is 16.2. The largest absolute Gasteiger partial charge is 0.339 e. The molecule has 8 heteroatoms. The minimum Gasteiger partial charge on any atom is -0.339 e. The van der Waals surface area contributed by atoms with Gasteiger partial charge in [-0.25, -0.2) is 4.68 Å². The predicted molar refractivity (Wildman–Crippen MR) is 94.4 cm³/mol. The maximum atomic E-state index is 12.8. The summed E-state index contributed by atoms with van der Waals surface area (Å²) in [5.74, 6) is -0.495. The van der Waals surface area contributed by atoms with Crippen LogP contribution < -0.4 is 10.6 Å². The van der Waals surface area contributed by atoms with Crippen molar-refractivity contribution in [3.63, 3.8) is 0 Å². The Balaban J connectivity index is 1.59. The summed E-state index contributed by atoms with van der Waals surface area (Å²) in [7, 11) is 1.74. The summed E-state index contributed by atoms with van der Waals surface area (Å²) in [6, 6.07) is 7.20. The molecule has 136 valence electrons. The van der Waals surface area contributed by atoms with Gasteiger partial charge in [0.15, 0.2) is 5.69 Å². The third kappa shape index (κ3) is 2.76. The van der Waals surface area contributed by atoms with Crippen LogP contribution in [0.2, 0.25) is 0 Å². The van der Waals surface area contributed by atoms with E-state index in [2.05, 4.69) is 20.9 Å². The van der Waals surface area contributed by atoms with E-state index < -0.39 is 6.04 Å². The van der Waals surface area contributed by atoms with E-state index in [-0.39, 0.29) is 23.6 Å². The molecule has 2 amide bonds. The molecule has 0 saturated carbocycles. The lowest BCUT2D eigenvalue weighted by molar-refractivity contribution is -0.133.